The first kappa shape index (κ1) is 19.6. The van der Waals surface area contributed by atoms with E-state index in [1.54, 1.807) is 7.11 Å². The number of methoxy groups -OCH3 is 1. The Hall–Kier alpha value is -2.15. The average molecular weight is 370 g/mol. The molecule has 1 saturated heterocycles. The third-order valence-electron chi connectivity index (χ3n) is 5.13. The van der Waals surface area contributed by atoms with Crippen LogP contribution in [0.3, 0.4) is 0 Å². The zero-order valence-electron chi connectivity index (χ0n) is 16.5. The van der Waals surface area contributed by atoms with Crippen LogP contribution in [0.5, 0.6) is 5.75 Å². The molecule has 1 fully saturated rings. The first-order chi connectivity index (χ1) is 13.1. The molecule has 146 valence electrons. The van der Waals surface area contributed by atoms with E-state index in [9.17, 15) is 5.11 Å². The van der Waals surface area contributed by atoms with Gasteiger partial charge in [0.05, 0.1) is 19.4 Å². The van der Waals surface area contributed by atoms with Crippen LogP contribution in [-0.2, 0) is 13.1 Å². The van der Waals surface area contributed by atoms with E-state index in [2.05, 4.69) is 47.2 Å². The summed E-state index contributed by atoms with van der Waals surface area (Å²) in [5, 5.41) is 14.8. The van der Waals surface area contributed by atoms with Gasteiger partial charge in [0.2, 0.25) is 0 Å². The lowest BCUT2D eigenvalue weighted by atomic mass is 10.2. The minimum absolute atomic E-state index is 0.143. The summed E-state index contributed by atoms with van der Waals surface area (Å²) >= 11 is 0. The average Bonchev–Trinajstić information content (AvgIpc) is 3.28. The summed E-state index contributed by atoms with van der Waals surface area (Å²) in [5.74, 6) is 0.866. The smallest absolute Gasteiger partial charge is 0.118 e. The molecule has 6 heteroatoms. The van der Waals surface area contributed by atoms with Gasteiger partial charge in [-0.3, -0.25) is 14.5 Å². The number of hydrogen-bond acceptors (Lipinski definition) is 5. The number of likely N-dealkylation sites (N-methyl/N-ethyl adjacent to an activating group) is 1. The number of aliphatic hydroxyl groups is 1. The lowest BCUT2D eigenvalue weighted by molar-refractivity contribution is 0.0950. The van der Waals surface area contributed by atoms with Gasteiger partial charge in [0.15, 0.2) is 0 Å². The number of hydrogen-bond donors (Lipinski definition) is 1. The molecule has 3 rings (SSSR count). The van der Waals surface area contributed by atoms with Crippen LogP contribution in [0, 0.1) is 0 Å². The van der Waals surface area contributed by atoms with E-state index in [4.69, 9.17) is 4.74 Å². The number of aromatic nitrogens is 2. The molecule has 2 heterocycles. The Bertz CT molecular complexity index is 741. The molecular formula is C21H30N4O2. The Morgan fingerprint density at radius 1 is 1.30 bits per heavy atom. The largest absolute Gasteiger partial charge is 0.497 e. The summed E-state index contributed by atoms with van der Waals surface area (Å²) in [7, 11) is 3.75. The van der Waals surface area contributed by atoms with Crippen molar-refractivity contribution in [1.29, 1.82) is 0 Å². The molecule has 0 unspecified atom stereocenters. The molecule has 27 heavy (non-hydrogen) atoms. The van der Waals surface area contributed by atoms with E-state index in [0.717, 1.165) is 37.5 Å². The molecule has 0 spiro atoms. The van der Waals surface area contributed by atoms with Crippen LogP contribution in [0.4, 0.5) is 0 Å². The Balaban J connectivity index is 1.50. The lowest BCUT2D eigenvalue weighted by Crippen LogP contribution is -2.40. The van der Waals surface area contributed by atoms with Crippen LogP contribution >= 0.6 is 0 Å². The second-order valence-corrected chi connectivity index (χ2v) is 7.15. The van der Waals surface area contributed by atoms with Gasteiger partial charge < -0.3 is 9.84 Å². The monoisotopic (exact) mass is 370 g/mol. The number of aryl methyl sites for hydroxylation is 1. The lowest BCUT2D eigenvalue weighted by Gasteiger charge is -2.26. The number of aliphatic hydroxyl groups excluding tert-OH is 1. The van der Waals surface area contributed by atoms with E-state index >= 15 is 0 Å². The highest BCUT2D eigenvalue weighted by Gasteiger charge is 2.33. The quantitative estimate of drug-likeness (QED) is 0.771. The minimum Gasteiger partial charge on any atom is -0.497 e. The van der Waals surface area contributed by atoms with Gasteiger partial charge in [-0.15, -0.1) is 0 Å². The van der Waals surface area contributed by atoms with Crippen LogP contribution in [-0.4, -0.2) is 70.6 Å². The van der Waals surface area contributed by atoms with Crippen molar-refractivity contribution in [3.05, 3.63) is 53.9 Å². The number of ether oxygens (including phenoxy) is 1. The first-order valence-electron chi connectivity index (χ1n) is 9.51. The number of rotatable bonds is 8. The van der Waals surface area contributed by atoms with E-state index < -0.39 is 0 Å². The molecule has 2 atom stereocenters. The van der Waals surface area contributed by atoms with Crippen molar-refractivity contribution in [2.75, 3.05) is 33.8 Å². The van der Waals surface area contributed by atoms with Crippen molar-refractivity contribution in [2.24, 2.45) is 0 Å². The SMILES string of the molecule is CCn1cc(CN(C)[C@@H]2CN(C/C=C/c3ccc(OC)cc3)C[C@H]2O)cn1. The Morgan fingerprint density at radius 3 is 2.74 bits per heavy atom. The maximum absolute atomic E-state index is 10.5. The number of β-amino-alcohol motifs (C(OH)–C–C–N with tert-alkyl or cyclic N) is 1. The fourth-order valence-electron chi connectivity index (χ4n) is 3.55. The molecule has 0 radical (unpaired) electrons. The van der Waals surface area contributed by atoms with Crippen molar-refractivity contribution in [2.45, 2.75) is 32.2 Å². The van der Waals surface area contributed by atoms with Crippen LogP contribution in [0.2, 0.25) is 0 Å². The molecule has 1 N–H and O–H groups in total. The van der Waals surface area contributed by atoms with Crippen molar-refractivity contribution in [3.63, 3.8) is 0 Å². The molecule has 1 aliphatic rings. The summed E-state index contributed by atoms with van der Waals surface area (Å²) in [5.41, 5.74) is 2.33. The van der Waals surface area contributed by atoms with Crippen molar-refractivity contribution in [3.8, 4) is 5.75 Å². The number of benzene rings is 1. The molecule has 6 nitrogen and oxygen atoms in total. The molecule has 0 saturated carbocycles. The molecule has 1 aliphatic heterocycles. The number of likely N-dealkylation sites (tertiary alicyclic amines) is 1. The summed E-state index contributed by atoms with van der Waals surface area (Å²) < 4.78 is 7.12. The van der Waals surface area contributed by atoms with Crippen molar-refractivity contribution in [1.82, 2.24) is 19.6 Å². The van der Waals surface area contributed by atoms with Crippen LogP contribution < -0.4 is 4.74 Å². The second-order valence-electron chi connectivity index (χ2n) is 7.15. The van der Waals surface area contributed by atoms with Crippen LogP contribution in [0.25, 0.3) is 6.08 Å². The molecule has 1 aromatic heterocycles. The summed E-state index contributed by atoms with van der Waals surface area (Å²) in [4.78, 5) is 4.52. The molecule has 2 aromatic rings. The zero-order chi connectivity index (χ0) is 19.2. The van der Waals surface area contributed by atoms with Crippen molar-refractivity contribution >= 4 is 6.08 Å². The van der Waals surface area contributed by atoms with Gasteiger partial charge in [0.25, 0.3) is 0 Å². The molecule has 0 aliphatic carbocycles. The normalized spacial score (nSPS) is 20.8. The van der Waals surface area contributed by atoms with Crippen LogP contribution in [0.15, 0.2) is 42.7 Å². The minimum atomic E-state index is -0.328. The molecule has 0 bridgehead atoms. The summed E-state index contributed by atoms with van der Waals surface area (Å²) in [6.45, 7) is 6.17. The predicted molar refractivity (Wildman–Crippen MR) is 108 cm³/mol. The third kappa shape index (κ3) is 5.19. The topological polar surface area (TPSA) is 53.8 Å². The van der Waals surface area contributed by atoms with E-state index in [-0.39, 0.29) is 12.1 Å². The highest BCUT2D eigenvalue weighted by Crippen LogP contribution is 2.18. The Labute approximate surface area is 161 Å². The number of nitrogens with zero attached hydrogens (tertiary/aromatic N) is 4. The maximum atomic E-state index is 10.5. The Kier molecular flexibility index (Phi) is 6.66. The highest BCUT2D eigenvalue weighted by molar-refractivity contribution is 5.50. The Morgan fingerprint density at radius 2 is 2.07 bits per heavy atom. The van der Waals surface area contributed by atoms with Gasteiger partial charge in [-0.25, -0.2) is 0 Å². The summed E-state index contributed by atoms with van der Waals surface area (Å²) in [6.07, 6.45) is 7.93. The van der Waals surface area contributed by atoms with Gasteiger partial charge in [-0.2, -0.15) is 5.10 Å². The fourth-order valence-corrected chi connectivity index (χ4v) is 3.55. The van der Waals surface area contributed by atoms with Gasteiger partial charge in [0, 0.05) is 50.5 Å². The van der Waals surface area contributed by atoms with Gasteiger partial charge in [0.1, 0.15) is 5.75 Å². The van der Waals surface area contributed by atoms with Gasteiger partial charge in [-0.05, 0) is 31.7 Å². The summed E-state index contributed by atoms with van der Waals surface area (Å²) in [6, 6.07) is 8.16. The molecular weight excluding hydrogens is 340 g/mol. The van der Waals surface area contributed by atoms with E-state index in [1.165, 1.54) is 5.56 Å². The maximum Gasteiger partial charge on any atom is 0.118 e. The van der Waals surface area contributed by atoms with Crippen molar-refractivity contribution < 1.29 is 9.84 Å². The van der Waals surface area contributed by atoms with E-state index in [1.807, 2.05) is 35.1 Å². The fraction of sp³-hybridized carbons (Fsp3) is 0.476. The predicted octanol–water partition coefficient (Wildman–Crippen LogP) is 2.10. The van der Waals surface area contributed by atoms with Crippen LogP contribution in [0.1, 0.15) is 18.1 Å². The van der Waals surface area contributed by atoms with Gasteiger partial charge in [-0.1, -0.05) is 24.3 Å². The molecule has 1 aromatic carbocycles. The van der Waals surface area contributed by atoms with E-state index in [0.29, 0.717) is 6.54 Å². The first-order valence-corrected chi connectivity index (χ1v) is 9.51. The highest BCUT2D eigenvalue weighted by atomic mass is 16.5. The standard InChI is InChI=1S/C21H30N4O2/c1-4-25-14-18(12-22-25)13-23(2)20-15-24(16-21(20)26)11-5-6-17-7-9-19(27-3)10-8-17/h5-10,12,14,20-21,26H,4,11,13,15-16H2,1-3H3/b6-5+/t20-,21-/m1/s1. The zero-order valence-corrected chi connectivity index (χ0v) is 16.5. The third-order valence-corrected chi connectivity index (χ3v) is 5.13. The second kappa shape index (κ2) is 9.17. The molecule has 0 amide bonds. The van der Waals surface area contributed by atoms with Gasteiger partial charge >= 0.3 is 0 Å².